The largest absolute Gasteiger partial charge is 0.352 e. The topological polar surface area (TPSA) is 45.2 Å². The highest BCUT2D eigenvalue weighted by Gasteiger charge is 2.26. The molecule has 0 spiro atoms. The van der Waals surface area contributed by atoms with Gasteiger partial charge in [-0.15, -0.1) is 0 Å². The van der Waals surface area contributed by atoms with Gasteiger partial charge in [-0.2, -0.15) is 0 Å². The summed E-state index contributed by atoms with van der Waals surface area (Å²) in [7, 11) is 0. The lowest BCUT2D eigenvalue weighted by atomic mass is 9.96. The number of benzene rings is 2. The summed E-state index contributed by atoms with van der Waals surface area (Å²) in [4.78, 5) is 19.0. The summed E-state index contributed by atoms with van der Waals surface area (Å²) in [6, 6.07) is 15.0. The monoisotopic (exact) mass is 369 g/mol. The molecule has 4 nitrogen and oxygen atoms in total. The van der Waals surface area contributed by atoms with Crippen LogP contribution in [-0.2, 0) is 11.3 Å². The third-order valence-corrected chi connectivity index (χ3v) is 5.89. The maximum absolute atomic E-state index is 13.8. The van der Waals surface area contributed by atoms with E-state index in [0.717, 1.165) is 41.3 Å². The van der Waals surface area contributed by atoms with Gasteiger partial charge in [0.15, 0.2) is 5.13 Å². The van der Waals surface area contributed by atoms with E-state index in [0.29, 0.717) is 12.1 Å². The first-order valence-corrected chi connectivity index (χ1v) is 9.64. The molecule has 1 aliphatic rings. The molecule has 1 saturated heterocycles. The van der Waals surface area contributed by atoms with Crippen molar-refractivity contribution < 1.29 is 9.18 Å². The van der Waals surface area contributed by atoms with E-state index < -0.39 is 0 Å². The van der Waals surface area contributed by atoms with E-state index in [4.69, 9.17) is 0 Å². The van der Waals surface area contributed by atoms with Crippen molar-refractivity contribution in [1.29, 1.82) is 0 Å². The van der Waals surface area contributed by atoms with E-state index in [-0.39, 0.29) is 17.6 Å². The molecule has 0 unspecified atom stereocenters. The normalized spacial score (nSPS) is 15.3. The van der Waals surface area contributed by atoms with Crippen molar-refractivity contribution in [2.45, 2.75) is 19.4 Å². The number of rotatable bonds is 4. The predicted octanol–water partition coefficient (Wildman–Crippen LogP) is 3.97. The summed E-state index contributed by atoms with van der Waals surface area (Å²) in [5, 5.41) is 3.87. The number of para-hydroxylation sites is 1. The summed E-state index contributed by atoms with van der Waals surface area (Å²) < 4.78 is 14.7. The molecular formula is C20H20FN3OS. The van der Waals surface area contributed by atoms with Crippen molar-refractivity contribution in [2.24, 2.45) is 5.92 Å². The number of piperidine rings is 1. The smallest absolute Gasteiger partial charge is 0.223 e. The second-order valence-electron chi connectivity index (χ2n) is 6.55. The minimum Gasteiger partial charge on any atom is -0.352 e. The van der Waals surface area contributed by atoms with Gasteiger partial charge in [0.25, 0.3) is 0 Å². The Labute approximate surface area is 155 Å². The van der Waals surface area contributed by atoms with Gasteiger partial charge in [-0.25, -0.2) is 9.37 Å². The summed E-state index contributed by atoms with van der Waals surface area (Å²) in [5.41, 5.74) is 1.55. The third kappa shape index (κ3) is 3.55. The van der Waals surface area contributed by atoms with Gasteiger partial charge in [-0.3, -0.25) is 4.79 Å². The molecule has 26 heavy (non-hydrogen) atoms. The first kappa shape index (κ1) is 17.0. The maximum atomic E-state index is 13.8. The molecule has 3 aromatic rings. The molecule has 2 aromatic carbocycles. The van der Waals surface area contributed by atoms with Gasteiger partial charge < -0.3 is 10.2 Å². The number of nitrogens with zero attached hydrogens (tertiary/aromatic N) is 2. The Balaban J connectivity index is 1.34. The fourth-order valence-electron chi connectivity index (χ4n) is 3.30. The van der Waals surface area contributed by atoms with E-state index >= 15 is 0 Å². The molecule has 0 aliphatic carbocycles. The van der Waals surface area contributed by atoms with Crippen LogP contribution >= 0.6 is 11.3 Å². The lowest BCUT2D eigenvalue weighted by molar-refractivity contribution is -0.125. The number of hydrogen-bond acceptors (Lipinski definition) is 4. The van der Waals surface area contributed by atoms with Gasteiger partial charge in [0.1, 0.15) is 11.3 Å². The highest BCUT2D eigenvalue weighted by atomic mass is 32.1. The van der Waals surface area contributed by atoms with Crippen LogP contribution in [0.25, 0.3) is 10.2 Å². The van der Waals surface area contributed by atoms with Crippen LogP contribution < -0.4 is 10.2 Å². The van der Waals surface area contributed by atoms with Crippen LogP contribution in [0, 0.1) is 11.7 Å². The summed E-state index contributed by atoms with van der Waals surface area (Å²) in [6.45, 7) is 2.10. The van der Waals surface area contributed by atoms with Crippen molar-refractivity contribution in [2.75, 3.05) is 18.0 Å². The molecule has 4 rings (SSSR count). The molecule has 1 aliphatic heterocycles. The third-order valence-electron chi connectivity index (χ3n) is 4.80. The molecule has 1 fully saturated rings. The minimum atomic E-state index is -0.278. The number of halogens is 1. The van der Waals surface area contributed by atoms with Crippen LogP contribution in [0.15, 0.2) is 48.5 Å². The van der Waals surface area contributed by atoms with Gasteiger partial charge in [0.2, 0.25) is 5.91 Å². The Hall–Kier alpha value is -2.47. The van der Waals surface area contributed by atoms with Gasteiger partial charge in [-0.1, -0.05) is 47.7 Å². The molecule has 0 saturated carbocycles. The number of thiazole rings is 1. The molecule has 0 atom stereocenters. The molecule has 1 N–H and O–H groups in total. The molecule has 1 aromatic heterocycles. The average Bonchev–Trinajstić information content (AvgIpc) is 3.13. The summed E-state index contributed by atoms with van der Waals surface area (Å²) >= 11 is 1.51. The number of hydrogen-bond donors (Lipinski definition) is 1. The second-order valence-corrected chi connectivity index (χ2v) is 7.56. The number of carbonyl (C=O) groups excluding carboxylic acids is 1. The van der Waals surface area contributed by atoms with Crippen molar-refractivity contribution >= 4 is 32.6 Å². The van der Waals surface area contributed by atoms with Gasteiger partial charge in [0.05, 0.1) is 4.70 Å². The van der Waals surface area contributed by atoms with Crippen LogP contribution in [0.1, 0.15) is 18.4 Å². The first-order valence-electron chi connectivity index (χ1n) is 8.82. The molecule has 6 heteroatoms. The van der Waals surface area contributed by atoms with E-state index in [1.807, 2.05) is 36.4 Å². The van der Waals surface area contributed by atoms with Gasteiger partial charge in [-0.05, 0) is 30.5 Å². The quantitative estimate of drug-likeness (QED) is 0.757. The lowest BCUT2D eigenvalue weighted by Gasteiger charge is -2.31. The van der Waals surface area contributed by atoms with E-state index in [1.165, 1.54) is 17.4 Å². The number of carbonyl (C=O) groups is 1. The maximum Gasteiger partial charge on any atom is 0.223 e. The number of anilines is 1. The fourth-order valence-corrected chi connectivity index (χ4v) is 4.33. The first-order chi connectivity index (χ1) is 12.7. The average molecular weight is 369 g/mol. The Kier molecular flexibility index (Phi) is 4.84. The van der Waals surface area contributed by atoms with E-state index in [9.17, 15) is 9.18 Å². The number of fused-ring (bicyclic) bond motifs is 1. The Bertz CT molecular complexity index is 904. The number of amides is 1. The van der Waals surface area contributed by atoms with Crippen LogP contribution in [0.2, 0.25) is 0 Å². The zero-order valence-corrected chi connectivity index (χ0v) is 15.1. The Morgan fingerprint density at radius 2 is 1.92 bits per heavy atom. The summed E-state index contributed by atoms with van der Waals surface area (Å²) in [6.07, 6.45) is 1.58. The highest BCUT2D eigenvalue weighted by Crippen LogP contribution is 2.32. The molecule has 134 valence electrons. The summed E-state index contributed by atoms with van der Waals surface area (Å²) in [5.74, 6) is -0.134. The SMILES string of the molecule is O=C(NCc1ccccc1)C1CCN(c2nc3c(F)cccc3s2)CC1. The second kappa shape index (κ2) is 7.41. The Morgan fingerprint density at radius 1 is 1.15 bits per heavy atom. The number of nitrogens with one attached hydrogen (secondary N) is 1. The minimum absolute atomic E-state index is 0.0288. The zero-order valence-electron chi connectivity index (χ0n) is 14.3. The fraction of sp³-hybridized carbons (Fsp3) is 0.300. The van der Waals surface area contributed by atoms with Crippen LogP contribution in [0.5, 0.6) is 0 Å². The molecule has 2 heterocycles. The van der Waals surface area contributed by atoms with E-state index in [2.05, 4.69) is 15.2 Å². The van der Waals surface area contributed by atoms with Crippen LogP contribution in [-0.4, -0.2) is 24.0 Å². The lowest BCUT2D eigenvalue weighted by Crippen LogP contribution is -2.40. The van der Waals surface area contributed by atoms with Crippen molar-refractivity contribution in [1.82, 2.24) is 10.3 Å². The van der Waals surface area contributed by atoms with Crippen molar-refractivity contribution in [3.8, 4) is 0 Å². The molecule has 1 amide bonds. The van der Waals surface area contributed by atoms with Gasteiger partial charge in [0, 0.05) is 25.6 Å². The molecule has 0 bridgehead atoms. The number of aromatic nitrogens is 1. The predicted molar refractivity (Wildman–Crippen MR) is 103 cm³/mol. The molecule has 0 radical (unpaired) electrons. The van der Waals surface area contributed by atoms with Crippen molar-refractivity contribution in [3.63, 3.8) is 0 Å². The highest BCUT2D eigenvalue weighted by molar-refractivity contribution is 7.22. The van der Waals surface area contributed by atoms with Crippen molar-refractivity contribution in [3.05, 3.63) is 59.9 Å². The Morgan fingerprint density at radius 3 is 2.65 bits per heavy atom. The van der Waals surface area contributed by atoms with Crippen LogP contribution in [0.4, 0.5) is 9.52 Å². The van der Waals surface area contributed by atoms with E-state index in [1.54, 1.807) is 6.07 Å². The zero-order chi connectivity index (χ0) is 17.9. The molecular weight excluding hydrogens is 349 g/mol. The standard InChI is InChI=1S/C20H20FN3OS/c21-16-7-4-8-17-18(16)23-20(26-17)24-11-9-15(10-12-24)19(25)22-13-14-5-2-1-3-6-14/h1-8,15H,9-13H2,(H,22,25). The van der Waals surface area contributed by atoms with Crippen LogP contribution in [0.3, 0.4) is 0 Å². The van der Waals surface area contributed by atoms with Gasteiger partial charge >= 0.3 is 0 Å².